The number of hydrogen-bond acceptors (Lipinski definition) is 3. The summed E-state index contributed by atoms with van der Waals surface area (Å²) < 4.78 is 19.9. The Kier molecular flexibility index (Phi) is 5.22. The molecule has 0 heterocycles. The molecule has 118 valence electrons. The summed E-state index contributed by atoms with van der Waals surface area (Å²) in [5.74, 6) is -0.0822. The van der Waals surface area contributed by atoms with Crippen LogP contribution in [0.15, 0.2) is 18.2 Å². The average molecular weight is 295 g/mol. The second-order valence-corrected chi connectivity index (χ2v) is 6.84. The van der Waals surface area contributed by atoms with E-state index in [2.05, 4.69) is 26.1 Å². The molecule has 1 saturated carbocycles. The molecule has 1 aliphatic rings. The molecular weight excluding hydrogens is 269 g/mol. The van der Waals surface area contributed by atoms with E-state index < -0.39 is 6.10 Å². The number of ether oxygens (including phenoxy) is 1. The molecule has 2 unspecified atom stereocenters. The number of aliphatic hydroxyl groups is 1. The molecule has 2 N–H and O–H groups in total. The Morgan fingerprint density at radius 3 is 2.67 bits per heavy atom. The highest BCUT2D eigenvalue weighted by molar-refractivity contribution is 5.35. The van der Waals surface area contributed by atoms with Crippen LogP contribution in [0.3, 0.4) is 0 Å². The van der Waals surface area contributed by atoms with Crippen LogP contribution in [-0.4, -0.2) is 22.9 Å². The van der Waals surface area contributed by atoms with Crippen molar-refractivity contribution in [2.45, 2.75) is 70.7 Å². The van der Waals surface area contributed by atoms with Gasteiger partial charge in [-0.1, -0.05) is 18.6 Å². The lowest BCUT2D eigenvalue weighted by Crippen LogP contribution is -2.37. The van der Waals surface area contributed by atoms with Crippen LogP contribution < -0.4 is 10.1 Å². The normalized spacial score (nSPS) is 23.1. The predicted molar refractivity (Wildman–Crippen MR) is 81.9 cm³/mol. The van der Waals surface area contributed by atoms with Crippen molar-refractivity contribution < 1.29 is 14.2 Å². The fourth-order valence-electron chi connectivity index (χ4n) is 2.55. The van der Waals surface area contributed by atoms with Crippen molar-refractivity contribution in [1.29, 1.82) is 0 Å². The monoisotopic (exact) mass is 295 g/mol. The Hall–Kier alpha value is -1.13. The maximum Gasteiger partial charge on any atom is 0.165 e. The van der Waals surface area contributed by atoms with Gasteiger partial charge in [0.15, 0.2) is 11.6 Å². The number of benzene rings is 1. The lowest BCUT2D eigenvalue weighted by atomic mass is 9.94. The van der Waals surface area contributed by atoms with Crippen molar-refractivity contribution in [2.75, 3.05) is 0 Å². The second-order valence-electron chi connectivity index (χ2n) is 6.84. The molecule has 4 heteroatoms. The highest BCUT2D eigenvalue weighted by Gasteiger charge is 2.26. The molecule has 1 aromatic carbocycles. The van der Waals surface area contributed by atoms with E-state index in [1.807, 2.05) is 6.07 Å². The summed E-state index contributed by atoms with van der Waals surface area (Å²) in [4.78, 5) is 0. The summed E-state index contributed by atoms with van der Waals surface area (Å²) in [5.41, 5.74) is 0.746. The number of para-hydroxylation sites is 1. The molecule has 0 aliphatic heterocycles. The van der Waals surface area contributed by atoms with Gasteiger partial charge in [-0.2, -0.15) is 0 Å². The van der Waals surface area contributed by atoms with Gasteiger partial charge in [0.1, 0.15) is 6.10 Å². The first-order valence-corrected chi connectivity index (χ1v) is 7.74. The summed E-state index contributed by atoms with van der Waals surface area (Å²) in [6.45, 7) is 6.74. The molecule has 0 aromatic heterocycles. The second kappa shape index (κ2) is 6.75. The predicted octanol–water partition coefficient (Wildman–Crippen LogP) is 3.40. The SMILES string of the molecule is CC(C)(C)NCc1cccc(F)c1OC1CCCCC1O. The van der Waals surface area contributed by atoms with Crippen molar-refractivity contribution in [1.82, 2.24) is 5.32 Å². The highest BCUT2D eigenvalue weighted by atomic mass is 19.1. The summed E-state index contributed by atoms with van der Waals surface area (Å²) in [7, 11) is 0. The minimum absolute atomic E-state index is 0.0477. The van der Waals surface area contributed by atoms with E-state index in [4.69, 9.17) is 4.74 Å². The van der Waals surface area contributed by atoms with Gasteiger partial charge in [0, 0.05) is 17.6 Å². The zero-order chi connectivity index (χ0) is 15.5. The summed E-state index contributed by atoms with van der Waals surface area (Å²) in [5, 5.41) is 13.4. The maximum atomic E-state index is 14.1. The molecule has 1 fully saturated rings. The highest BCUT2D eigenvalue weighted by Crippen LogP contribution is 2.29. The van der Waals surface area contributed by atoms with Crippen molar-refractivity contribution in [3.05, 3.63) is 29.6 Å². The van der Waals surface area contributed by atoms with Gasteiger partial charge in [-0.25, -0.2) is 4.39 Å². The number of hydrogen-bond donors (Lipinski definition) is 2. The van der Waals surface area contributed by atoms with E-state index in [0.717, 1.165) is 31.2 Å². The van der Waals surface area contributed by atoms with Crippen molar-refractivity contribution in [3.8, 4) is 5.75 Å². The molecule has 0 bridgehead atoms. The van der Waals surface area contributed by atoms with E-state index >= 15 is 0 Å². The standard InChI is InChI=1S/C17H26FNO2/c1-17(2,3)19-11-12-7-6-8-13(18)16(12)21-15-10-5-4-9-14(15)20/h6-8,14-15,19-20H,4-5,9-11H2,1-3H3. The molecule has 1 aliphatic carbocycles. The first-order chi connectivity index (χ1) is 9.87. The molecule has 0 spiro atoms. The van der Waals surface area contributed by atoms with Gasteiger partial charge < -0.3 is 15.2 Å². The van der Waals surface area contributed by atoms with E-state index in [0.29, 0.717) is 6.54 Å². The molecule has 0 radical (unpaired) electrons. The maximum absolute atomic E-state index is 14.1. The Morgan fingerprint density at radius 2 is 2.00 bits per heavy atom. The Bertz CT molecular complexity index is 470. The Balaban J connectivity index is 2.13. The molecular formula is C17H26FNO2. The van der Waals surface area contributed by atoms with Crippen LogP contribution in [0.4, 0.5) is 4.39 Å². The van der Waals surface area contributed by atoms with E-state index in [9.17, 15) is 9.50 Å². The van der Waals surface area contributed by atoms with Gasteiger partial charge in [0.25, 0.3) is 0 Å². The third kappa shape index (κ3) is 4.68. The molecule has 2 rings (SSSR count). The van der Waals surface area contributed by atoms with Crippen molar-refractivity contribution >= 4 is 0 Å². The summed E-state index contributed by atoms with van der Waals surface area (Å²) in [6, 6.07) is 4.97. The van der Waals surface area contributed by atoms with Crippen LogP contribution in [0, 0.1) is 5.82 Å². The van der Waals surface area contributed by atoms with E-state index in [-0.39, 0.29) is 23.2 Å². The lowest BCUT2D eigenvalue weighted by Gasteiger charge is -2.29. The van der Waals surface area contributed by atoms with Crippen LogP contribution in [0.5, 0.6) is 5.75 Å². The fraction of sp³-hybridized carbons (Fsp3) is 0.647. The van der Waals surface area contributed by atoms with E-state index in [1.54, 1.807) is 6.07 Å². The van der Waals surface area contributed by atoms with Gasteiger partial charge in [-0.3, -0.25) is 0 Å². The fourth-order valence-corrected chi connectivity index (χ4v) is 2.55. The Morgan fingerprint density at radius 1 is 1.29 bits per heavy atom. The van der Waals surface area contributed by atoms with Gasteiger partial charge in [-0.15, -0.1) is 0 Å². The van der Waals surface area contributed by atoms with Crippen LogP contribution in [-0.2, 0) is 6.54 Å². The number of aliphatic hydroxyl groups excluding tert-OH is 1. The van der Waals surface area contributed by atoms with Crippen LogP contribution in [0.2, 0.25) is 0 Å². The van der Waals surface area contributed by atoms with Gasteiger partial charge in [-0.05, 0) is 46.1 Å². The smallest absolute Gasteiger partial charge is 0.165 e. The first-order valence-electron chi connectivity index (χ1n) is 7.74. The molecule has 3 nitrogen and oxygen atoms in total. The third-order valence-electron chi connectivity index (χ3n) is 3.79. The van der Waals surface area contributed by atoms with Crippen LogP contribution >= 0.6 is 0 Å². The van der Waals surface area contributed by atoms with Crippen LogP contribution in [0.1, 0.15) is 52.0 Å². The minimum atomic E-state index is -0.498. The minimum Gasteiger partial charge on any atom is -0.484 e. The van der Waals surface area contributed by atoms with Gasteiger partial charge in [0.2, 0.25) is 0 Å². The first kappa shape index (κ1) is 16.2. The number of halogens is 1. The van der Waals surface area contributed by atoms with Gasteiger partial charge >= 0.3 is 0 Å². The molecule has 1 aromatic rings. The molecule has 2 atom stereocenters. The summed E-state index contributed by atoms with van der Waals surface area (Å²) >= 11 is 0. The zero-order valence-electron chi connectivity index (χ0n) is 13.2. The lowest BCUT2D eigenvalue weighted by molar-refractivity contribution is 0.00440. The topological polar surface area (TPSA) is 41.5 Å². The largest absolute Gasteiger partial charge is 0.484 e. The molecule has 21 heavy (non-hydrogen) atoms. The van der Waals surface area contributed by atoms with Gasteiger partial charge in [0.05, 0.1) is 6.10 Å². The summed E-state index contributed by atoms with van der Waals surface area (Å²) in [6.07, 6.45) is 2.74. The van der Waals surface area contributed by atoms with Crippen LogP contribution in [0.25, 0.3) is 0 Å². The molecule has 0 amide bonds. The average Bonchev–Trinajstić information content (AvgIpc) is 2.41. The third-order valence-corrected chi connectivity index (χ3v) is 3.79. The molecule has 0 saturated heterocycles. The quantitative estimate of drug-likeness (QED) is 0.894. The number of nitrogens with one attached hydrogen (secondary N) is 1. The van der Waals surface area contributed by atoms with Crippen molar-refractivity contribution in [3.63, 3.8) is 0 Å². The Labute approximate surface area is 126 Å². The number of rotatable bonds is 4. The van der Waals surface area contributed by atoms with E-state index in [1.165, 1.54) is 6.07 Å². The zero-order valence-corrected chi connectivity index (χ0v) is 13.2. The van der Waals surface area contributed by atoms with Crippen molar-refractivity contribution in [2.24, 2.45) is 0 Å².